The lowest BCUT2D eigenvalue weighted by Gasteiger charge is -2.03. The van der Waals surface area contributed by atoms with Gasteiger partial charge in [0.1, 0.15) is 0 Å². The predicted octanol–water partition coefficient (Wildman–Crippen LogP) is 3.12. The Bertz CT molecular complexity index is 610. The van der Waals surface area contributed by atoms with Crippen LogP contribution < -0.4 is 11.1 Å². The summed E-state index contributed by atoms with van der Waals surface area (Å²) in [4.78, 5) is 18.1. The number of nitrogens with zero attached hydrogens (tertiary/aromatic N) is 1. The minimum atomic E-state index is -0.109. The second-order valence-electron chi connectivity index (χ2n) is 5.30. The molecule has 21 heavy (non-hydrogen) atoms. The summed E-state index contributed by atoms with van der Waals surface area (Å²) in [7, 11) is 0. The minimum absolute atomic E-state index is 0.109. The number of rotatable bonds is 3. The molecule has 0 radical (unpaired) electrons. The maximum absolute atomic E-state index is 12.2. The molecule has 1 aliphatic carbocycles. The van der Waals surface area contributed by atoms with E-state index in [9.17, 15) is 4.79 Å². The molecule has 0 unspecified atom stereocenters. The normalized spacial score (nSPS) is 14.3. The van der Waals surface area contributed by atoms with Crippen molar-refractivity contribution in [3.8, 4) is 0 Å². The van der Waals surface area contributed by atoms with Gasteiger partial charge in [0.25, 0.3) is 5.91 Å². The van der Waals surface area contributed by atoms with E-state index < -0.39 is 0 Å². The van der Waals surface area contributed by atoms with Crippen LogP contribution in [0.3, 0.4) is 0 Å². The standard InChI is InChI=1S/C16H19N3OS/c17-10-11-6-8-12(9-7-11)15(20)19-16-18-13-4-2-1-3-5-14(13)21-16/h6-9H,1-5,10,17H2,(H,18,19,20). The number of anilines is 1. The number of carbonyl (C=O) groups is 1. The monoisotopic (exact) mass is 301 g/mol. The first-order valence-corrected chi connectivity index (χ1v) is 8.17. The van der Waals surface area contributed by atoms with Crippen molar-refractivity contribution in [2.75, 3.05) is 5.32 Å². The van der Waals surface area contributed by atoms with Gasteiger partial charge in [-0.2, -0.15) is 0 Å². The molecule has 0 saturated heterocycles. The van der Waals surface area contributed by atoms with Crippen LogP contribution in [-0.2, 0) is 19.4 Å². The summed E-state index contributed by atoms with van der Waals surface area (Å²) in [6.45, 7) is 0.487. The summed E-state index contributed by atoms with van der Waals surface area (Å²) in [5.41, 5.74) is 8.39. The highest BCUT2D eigenvalue weighted by Crippen LogP contribution is 2.29. The van der Waals surface area contributed by atoms with Gasteiger partial charge in [-0.25, -0.2) is 4.98 Å². The molecule has 1 aromatic carbocycles. The Morgan fingerprint density at radius 1 is 1.19 bits per heavy atom. The van der Waals surface area contributed by atoms with Crippen molar-refractivity contribution in [3.05, 3.63) is 46.0 Å². The first kappa shape index (κ1) is 14.2. The number of fused-ring (bicyclic) bond motifs is 1. The number of carbonyl (C=O) groups excluding carboxylic acids is 1. The van der Waals surface area contributed by atoms with E-state index in [1.807, 2.05) is 12.1 Å². The summed E-state index contributed by atoms with van der Waals surface area (Å²) >= 11 is 1.62. The van der Waals surface area contributed by atoms with E-state index in [-0.39, 0.29) is 5.91 Å². The van der Waals surface area contributed by atoms with E-state index in [0.717, 1.165) is 23.5 Å². The molecule has 0 fully saturated rings. The van der Waals surface area contributed by atoms with Crippen molar-refractivity contribution in [2.45, 2.75) is 38.6 Å². The Hall–Kier alpha value is -1.72. The first-order valence-electron chi connectivity index (χ1n) is 7.35. The quantitative estimate of drug-likeness (QED) is 0.856. The van der Waals surface area contributed by atoms with Gasteiger partial charge in [-0.3, -0.25) is 10.1 Å². The molecule has 1 heterocycles. The molecule has 1 aromatic heterocycles. The van der Waals surface area contributed by atoms with Gasteiger partial charge in [0, 0.05) is 17.0 Å². The van der Waals surface area contributed by atoms with Crippen molar-refractivity contribution < 1.29 is 4.79 Å². The van der Waals surface area contributed by atoms with E-state index in [2.05, 4.69) is 10.3 Å². The van der Waals surface area contributed by atoms with Gasteiger partial charge in [0.05, 0.1) is 5.69 Å². The molecule has 3 N–H and O–H groups in total. The fraction of sp³-hybridized carbons (Fsp3) is 0.375. The van der Waals surface area contributed by atoms with E-state index in [1.54, 1.807) is 23.5 Å². The molecule has 4 nitrogen and oxygen atoms in total. The summed E-state index contributed by atoms with van der Waals surface area (Å²) in [6, 6.07) is 7.37. The fourth-order valence-corrected chi connectivity index (χ4v) is 3.59. The zero-order valence-electron chi connectivity index (χ0n) is 11.9. The Labute approximate surface area is 128 Å². The summed E-state index contributed by atoms with van der Waals surface area (Å²) in [5.74, 6) is -0.109. The van der Waals surface area contributed by atoms with Gasteiger partial charge in [-0.1, -0.05) is 18.6 Å². The maximum atomic E-state index is 12.2. The smallest absolute Gasteiger partial charge is 0.257 e. The van der Waals surface area contributed by atoms with E-state index in [4.69, 9.17) is 5.73 Å². The third-order valence-corrected chi connectivity index (χ3v) is 4.84. The first-order chi connectivity index (χ1) is 10.3. The lowest BCUT2D eigenvalue weighted by atomic mass is 10.1. The van der Waals surface area contributed by atoms with Gasteiger partial charge < -0.3 is 5.73 Å². The van der Waals surface area contributed by atoms with Crippen LogP contribution in [0.15, 0.2) is 24.3 Å². The van der Waals surface area contributed by atoms with Gasteiger partial charge in [0.2, 0.25) is 0 Å². The Balaban J connectivity index is 1.72. The zero-order chi connectivity index (χ0) is 14.7. The number of aromatic nitrogens is 1. The molecule has 2 aromatic rings. The van der Waals surface area contributed by atoms with Gasteiger partial charge >= 0.3 is 0 Å². The number of nitrogens with one attached hydrogen (secondary N) is 1. The van der Waals surface area contributed by atoms with Crippen LogP contribution in [0.4, 0.5) is 5.13 Å². The molecule has 0 atom stereocenters. The van der Waals surface area contributed by atoms with Crippen molar-refractivity contribution in [1.82, 2.24) is 4.98 Å². The van der Waals surface area contributed by atoms with Crippen LogP contribution in [0, 0.1) is 0 Å². The third-order valence-electron chi connectivity index (χ3n) is 3.77. The van der Waals surface area contributed by atoms with Crippen molar-refractivity contribution in [3.63, 3.8) is 0 Å². The number of aryl methyl sites for hydroxylation is 2. The van der Waals surface area contributed by atoms with Crippen LogP contribution in [0.1, 0.15) is 45.8 Å². The molecule has 110 valence electrons. The average Bonchev–Trinajstić information content (AvgIpc) is 2.76. The number of nitrogens with two attached hydrogens (primary N) is 1. The highest BCUT2D eigenvalue weighted by Gasteiger charge is 2.15. The lowest BCUT2D eigenvalue weighted by Crippen LogP contribution is -2.12. The fourth-order valence-electron chi connectivity index (χ4n) is 2.54. The third kappa shape index (κ3) is 3.31. The highest BCUT2D eigenvalue weighted by molar-refractivity contribution is 7.15. The summed E-state index contributed by atoms with van der Waals surface area (Å²) < 4.78 is 0. The number of hydrogen-bond acceptors (Lipinski definition) is 4. The van der Waals surface area contributed by atoms with E-state index >= 15 is 0 Å². The van der Waals surface area contributed by atoms with Crippen LogP contribution in [0.2, 0.25) is 0 Å². The molecular formula is C16H19N3OS. The van der Waals surface area contributed by atoms with Crippen molar-refractivity contribution in [1.29, 1.82) is 0 Å². The zero-order valence-corrected chi connectivity index (χ0v) is 12.7. The molecule has 0 aliphatic heterocycles. The molecule has 1 amide bonds. The lowest BCUT2D eigenvalue weighted by molar-refractivity contribution is 0.102. The molecule has 0 bridgehead atoms. The molecule has 3 rings (SSSR count). The van der Waals surface area contributed by atoms with Crippen molar-refractivity contribution in [2.24, 2.45) is 5.73 Å². The van der Waals surface area contributed by atoms with E-state index in [0.29, 0.717) is 12.1 Å². The van der Waals surface area contributed by atoms with Gasteiger partial charge in [-0.15, -0.1) is 11.3 Å². The minimum Gasteiger partial charge on any atom is -0.326 e. The van der Waals surface area contributed by atoms with Crippen LogP contribution in [-0.4, -0.2) is 10.9 Å². The Morgan fingerprint density at radius 3 is 2.71 bits per heavy atom. The van der Waals surface area contributed by atoms with Crippen LogP contribution in [0.5, 0.6) is 0 Å². The molecule has 1 aliphatic rings. The SMILES string of the molecule is NCc1ccc(C(=O)Nc2nc3c(s2)CCCCC3)cc1. The topological polar surface area (TPSA) is 68.0 Å². The number of thiazole rings is 1. The van der Waals surface area contributed by atoms with Crippen LogP contribution >= 0.6 is 11.3 Å². The van der Waals surface area contributed by atoms with Crippen molar-refractivity contribution >= 4 is 22.4 Å². The average molecular weight is 301 g/mol. The number of benzene rings is 1. The summed E-state index contributed by atoms with van der Waals surface area (Å²) in [6.07, 6.45) is 5.83. The Kier molecular flexibility index (Phi) is 4.31. The molecular weight excluding hydrogens is 282 g/mol. The van der Waals surface area contributed by atoms with E-state index in [1.165, 1.54) is 29.8 Å². The Morgan fingerprint density at radius 2 is 1.95 bits per heavy atom. The predicted molar refractivity (Wildman–Crippen MR) is 85.7 cm³/mol. The molecule has 0 spiro atoms. The van der Waals surface area contributed by atoms with Gasteiger partial charge in [-0.05, 0) is 43.4 Å². The summed E-state index contributed by atoms with van der Waals surface area (Å²) in [5, 5.41) is 3.63. The largest absolute Gasteiger partial charge is 0.326 e. The van der Waals surface area contributed by atoms with Crippen LogP contribution in [0.25, 0.3) is 0 Å². The molecule has 0 saturated carbocycles. The molecule has 5 heteroatoms. The highest BCUT2D eigenvalue weighted by atomic mass is 32.1. The second kappa shape index (κ2) is 6.37. The second-order valence-corrected chi connectivity index (χ2v) is 6.39. The maximum Gasteiger partial charge on any atom is 0.257 e. The number of amides is 1. The number of hydrogen-bond donors (Lipinski definition) is 2. The van der Waals surface area contributed by atoms with Gasteiger partial charge in [0.15, 0.2) is 5.13 Å².